The van der Waals surface area contributed by atoms with E-state index in [0.717, 1.165) is 0 Å². The van der Waals surface area contributed by atoms with Gasteiger partial charge in [0.2, 0.25) is 0 Å². The SMILES string of the molecule is [2H]C([2H])(N=[N+]=[N-])c1cn2ccccc2n1. The summed E-state index contributed by atoms with van der Waals surface area (Å²) in [6.45, 7) is -2.11. The van der Waals surface area contributed by atoms with Gasteiger partial charge in [-0.05, 0) is 17.7 Å². The van der Waals surface area contributed by atoms with E-state index in [1.807, 2.05) is 6.07 Å². The van der Waals surface area contributed by atoms with Gasteiger partial charge in [0.15, 0.2) is 0 Å². The monoisotopic (exact) mass is 175 g/mol. The second kappa shape index (κ2) is 3.16. The molecule has 0 aromatic carbocycles. The fraction of sp³-hybridized carbons (Fsp3) is 0.125. The molecule has 0 saturated carbocycles. The minimum absolute atomic E-state index is 0.103. The fourth-order valence-corrected chi connectivity index (χ4v) is 1.06. The summed E-state index contributed by atoms with van der Waals surface area (Å²) in [5.74, 6) is 0. The molecule has 0 saturated heterocycles. The molecular weight excluding hydrogens is 166 g/mol. The maximum Gasteiger partial charge on any atom is 0.136 e. The van der Waals surface area contributed by atoms with E-state index >= 15 is 0 Å². The van der Waals surface area contributed by atoms with Crippen LogP contribution in [0.1, 0.15) is 8.44 Å². The van der Waals surface area contributed by atoms with E-state index in [4.69, 9.17) is 8.27 Å². The lowest BCUT2D eigenvalue weighted by Gasteiger charge is -1.86. The smallest absolute Gasteiger partial charge is 0.136 e. The van der Waals surface area contributed by atoms with E-state index in [-0.39, 0.29) is 5.69 Å². The molecule has 0 fully saturated rings. The summed E-state index contributed by atoms with van der Waals surface area (Å²) >= 11 is 0. The van der Waals surface area contributed by atoms with E-state index < -0.39 is 6.50 Å². The summed E-state index contributed by atoms with van der Waals surface area (Å²) in [5, 5.41) is 3.06. The van der Waals surface area contributed by atoms with Crippen LogP contribution in [-0.2, 0) is 6.50 Å². The summed E-state index contributed by atoms with van der Waals surface area (Å²) in [6, 6.07) is 5.35. The second-order valence-electron chi connectivity index (χ2n) is 2.39. The van der Waals surface area contributed by atoms with Crippen LogP contribution in [0.25, 0.3) is 16.1 Å². The molecule has 64 valence electrons. The molecule has 0 aliphatic rings. The number of pyridine rings is 1. The Kier molecular flexibility index (Phi) is 1.37. The number of hydrogen-bond donors (Lipinski definition) is 0. The van der Waals surface area contributed by atoms with Crippen molar-refractivity contribution in [2.45, 2.75) is 6.50 Å². The van der Waals surface area contributed by atoms with E-state index in [9.17, 15) is 0 Å². The third kappa shape index (κ3) is 1.45. The van der Waals surface area contributed by atoms with E-state index in [0.29, 0.717) is 5.65 Å². The molecule has 0 spiro atoms. The lowest BCUT2D eigenvalue weighted by molar-refractivity contribution is 0.998. The minimum atomic E-state index is -2.11. The molecule has 0 aliphatic heterocycles. The molecule has 0 unspecified atom stereocenters. The van der Waals surface area contributed by atoms with Crippen LogP contribution in [0.2, 0.25) is 0 Å². The van der Waals surface area contributed by atoms with E-state index in [1.165, 1.54) is 6.20 Å². The van der Waals surface area contributed by atoms with Gasteiger partial charge in [0.25, 0.3) is 0 Å². The highest BCUT2D eigenvalue weighted by atomic mass is 15.1. The first kappa shape index (κ1) is 5.61. The van der Waals surface area contributed by atoms with Gasteiger partial charge in [-0.25, -0.2) is 4.98 Å². The quantitative estimate of drug-likeness (QED) is 0.391. The van der Waals surface area contributed by atoms with Crippen molar-refractivity contribution in [2.75, 3.05) is 0 Å². The Morgan fingerprint density at radius 2 is 2.62 bits per heavy atom. The standard InChI is InChI=1S/C8H7N5/c9-12-10-5-7-6-13-4-2-1-3-8(13)11-7/h1-4,6H,5H2/i5D2. The first-order chi connectivity index (χ1) is 7.13. The zero-order valence-corrected chi connectivity index (χ0v) is 6.62. The number of imidazole rings is 1. The lowest BCUT2D eigenvalue weighted by Crippen LogP contribution is -1.77. The molecule has 0 atom stereocenters. The van der Waals surface area contributed by atoms with Crippen molar-refractivity contribution in [1.82, 2.24) is 9.38 Å². The van der Waals surface area contributed by atoms with Crippen LogP contribution in [0.15, 0.2) is 35.7 Å². The number of rotatable bonds is 2. The molecule has 0 amide bonds. The van der Waals surface area contributed by atoms with Crippen LogP contribution in [-0.4, -0.2) is 9.38 Å². The summed E-state index contributed by atoms with van der Waals surface area (Å²) in [7, 11) is 0. The molecule has 2 aromatic heterocycles. The normalized spacial score (nSPS) is 13.2. The molecule has 2 heterocycles. The van der Waals surface area contributed by atoms with Crippen LogP contribution >= 0.6 is 0 Å². The molecule has 0 radical (unpaired) electrons. The Morgan fingerprint density at radius 3 is 3.38 bits per heavy atom. The van der Waals surface area contributed by atoms with Gasteiger partial charge >= 0.3 is 0 Å². The van der Waals surface area contributed by atoms with Gasteiger partial charge < -0.3 is 4.40 Å². The maximum absolute atomic E-state index is 8.22. The van der Waals surface area contributed by atoms with Gasteiger partial charge in [-0.15, -0.1) is 0 Å². The first-order valence-electron chi connectivity index (χ1n) is 4.64. The van der Waals surface area contributed by atoms with Crippen molar-refractivity contribution in [2.24, 2.45) is 5.11 Å². The highest BCUT2D eigenvalue weighted by molar-refractivity contribution is 5.39. The van der Waals surface area contributed by atoms with Crippen LogP contribution in [0.3, 0.4) is 0 Å². The predicted molar refractivity (Wildman–Crippen MR) is 48.0 cm³/mol. The summed E-state index contributed by atoms with van der Waals surface area (Å²) < 4.78 is 16.6. The maximum atomic E-state index is 8.22. The largest absolute Gasteiger partial charge is 0.307 e. The third-order valence-corrected chi connectivity index (χ3v) is 1.57. The van der Waals surface area contributed by atoms with E-state index in [1.54, 1.807) is 22.7 Å². The predicted octanol–water partition coefficient (Wildman–Crippen LogP) is 2.14. The molecule has 0 N–H and O–H groups in total. The van der Waals surface area contributed by atoms with Crippen molar-refractivity contribution in [3.05, 3.63) is 46.7 Å². The Hall–Kier alpha value is -2.00. The number of hydrogen-bond acceptors (Lipinski definition) is 2. The topological polar surface area (TPSA) is 66.1 Å². The Balaban J connectivity index is 2.58. The van der Waals surface area contributed by atoms with Gasteiger partial charge in [-0.3, -0.25) is 0 Å². The molecule has 0 aliphatic carbocycles. The molecule has 5 heteroatoms. The van der Waals surface area contributed by atoms with Crippen LogP contribution in [0, 0.1) is 0 Å². The van der Waals surface area contributed by atoms with Crippen molar-refractivity contribution in [1.29, 1.82) is 0 Å². The van der Waals surface area contributed by atoms with Crippen LogP contribution in [0.4, 0.5) is 0 Å². The number of aromatic nitrogens is 2. The van der Waals surface area contributed by atoms with Gasteiger partial charge in [-0.2, -0.15) is 0 Å². The van der Waals surface area contributed by atoms with Gasteiger partial charge in [0.05, 0.1) is 12.2 Å². The zero-order chi connectivity index (χ0) is 10.9. The minimum Gasteiger partial charge on any atom is -0.307 e. The first-order valence-corrected chi connectivity index (χ1v) is 3.64. The Bertz CT molecular complexity index is 508. The van der Waals surface area contributed by atoms with Crippen LogP contribution < -0.4 is 0 Å². The average molecular weight is 175 g/mol. The van der Waals surface area contributed by atoms with Gasteiger partial charge in [0, 0.05) is 20.0 Å². The summed E-state index contributed by atoms with van der Waals surface area (Å²) in [6.07, 6.45) is 3.25. The van der Waals surface area contributed by atoms with Gasteiger partial charge in [-0.1, -0.05) is 11.2 Å². The molecule has 2 aromatic rings. The number of nitrogens with zero attached hydrogens (tertiary/aromatic N) is 5. The molecule has 13 heavy (non-hydrogen) atoms. The molecule has 5 nitrogen and oxygen atoms in total. The van der Waals surface area contributed by atoms with Crippen molar-refractivity contribution in [3.8, 4) is 0 Å². The highest BCUT2D eigenvalue weighted by Crippen LogP contribution is 2.05. The third-order valence-electron chi connectivity index (χ3n) is 1.57. The summed E-state index contributed by atoms with van der Waals surface area (Å²) in [4.78, 5) is 6.48. The number of fused-ring (bicyclic) bond motifs is 1. The Morgan fingerprint density at radius 1 is 1.69 bits per heavy atom. The lowest BCUT2D eigenvalue weighted by atomic mass is 10.5. The summed E-state index contributed by atoms with van der Waals surface area (Å²) in [5.41, 5.74) is 8.94. The molecule has 0 bridgehead atoms. The second-order valence-corrected chi connectivity index (χ2v) is 2.39. The average Bonchev–Trinajstić information content (AvgIpc) is 2.61. The molecular formula is C8H7N5. The van der Waals surface area contributed by atoms with Crippen molar-refractivity contribution < 1.29 is 2.74 Å². The van der Waals surface area contributed by atoms with Gasteiger partial charge in [0.1, 0.15) is 5.65 Å². The van der Waals surface area contributed by atoms with E-state index in [2.05, 4.69) is 15.0 Å². The fourth-order valence-electron chi connectivity index (χ4n) is 1.06. The number of azide groups is 1. The van der Waals surface area contributed by atoms with Crippen molar-refractivity contribution >= 4 is 5.65 Å². The van der Waals surface area contributed by atoms with Crippen LogP contribution in [0.5, 0.6) is 0 Å². The highest BCUT2D eigenvalue weighted by Gasteiger charge is 1.97. The Labute approximate surface area is 77.1 Å². The zero-order valence-electron chi connectivity index (χ0n) is 8.62. The molecule has 2 rings (SSSR count). The van der Waals surface area contributed by atoms with Crippen molar-refractivity contribution in [3.63, 3.8) is 0 Å².